The summed E-state index contributed by atoms with van der Waals surface area (Å²) in [6, 6.07) is 9.66. The van der Waals surface area contributed by atoms with E-state index in [-0.39, 0.29) is 43.5 Å². The quantitative estimate of drug-likeness (QED) is 0.142. The van der Waals surface area contributed by atoms with Crippen LogP contribution in [0.3, 0.4) is 0 Å². The number of hydrogen-bond acceptors (Lipinski definition) is 8. The summed E-state index contributed by atoms with van der Waals surface area (Å²) in [6.07, 6.45) is 5.95. The first-order valence-corrected chi connectivity index (χ1v) is 20.1. The molecule has 6 amide bonds. The van der Waals surface area contributed by atoms with Crippen molar-refractivity contribution in [1.29, 1.82) is 0 Å². The molecule has 56 heavy (non-hydrogen) atoms. The second kappa shape index (κ2) is 20.4. The van der Waals surface area contributed by atoms with Gasteiger partial charge in [0.2, 0.25) is 35.3 Å². The van der Waals surface area contributed by atoms with Crippen molar-refractivity contribution >= 4 is 52.0 Å². The summed E-state index contributed by atoms with van der Waals surface area (Å²) >= 11 is 0. The predicted octanol–water partition coefficient (Wildman–Crippen LogP) is 2.97. The minimum atomic E-state index is -1.25. The number of primary amides is 1. The fourth-order valence-corrected chi connectivity index (χ4v) is 7.63. The van der Waals surface area contributed by atoms with Gasteiger partial charge >= 0.3 is 0 Å². The van der Waals surface area contributed by atoms with Crippen LogP contribution in [0.2, 0.25) is 0 Å². The van der Waals surface area contributed by atoms with E-state index in [1.165, 1.54) is 4.90 Å². The lowest BCUT2D eigenvalue weighted by molar-refractivity contribution is -0.144. The lowest BCUT2D eigenvalue weighted by Crippen LogP contribution is -2.58. The molecule has 2 fully saturated rings. The molecule has 1 saturated heterocycles. The average molecular weight is 777 g/mol. The molecule has 0 aromatic heterocycles. The van der Waals surface area contributed by atoms with Crippen LogP contribution >= 0.6 is 0 Å². The Kier molecular flexibility index (Phi) is 15.9. The number of hydrogen-bond donors (Lipinski definition) is 5. The molecule has 14 nitrogen and oxygen atoms in total. The number of carbonyl (C=O) groups is 7. The van der Waals surface area contributed by atoms with Crippen molar-refractivity contribution in [2.45, 2.75) is 141 Å². The minimum Gasteiger partial charge on any atom is -0.371 e. The van der Waals surface area contributed by atoms with Gasteiger partial charge in [-0.2, -0.15) is 0 Å². The van der Waals surface area contributed by atoms with Gasteiger partial charge in [0.25, 0.3) is 5.91 Å². The Bertz CT molecular complexity index is 1730. The van der Waals surface area contributed by atoms with Crippen molar-refractivity contribution in [2.24, 2.45) is 11.7 Å². The first-order valence-electron chi connectivity index (χ1n) is 20.1. The van der Waals surface area contributed by atoms with Crippen LogP contribution in [-0.4, -0.2) is 95.1 Å². The predicted molar refractivity (Wildman–Crippen MR) is 212 cm³/mol. The molecule has 5 atom stereocenters. The van der Waals surface area contributed by atoms with Gasteiger partial charge in [0.05, 0.1) is 30.7 Å². The third-order valence-electron chi connectivity index (χ3n) is 10.5. The molecule has 2 aromatic rings. The number of nitrogens with zero attached hydrogens (tertiary/aromatic N) is 1. The number of amides is 6. The smallest absolute Gasteiger partial charge is 0.290 e. The fourth-order valence-electron chi connectivity index (χ4n) is 7.63. The molecule has 1 aliphatic heterocycles. The molecule has 2 aliphatic rings. The number of ether oxygens (including phenoxy) is 1. The number of nitrogens with one attached hydrogen (secondary N) is 4. The topological polar surface area (TPSA) is 206 Å². The van der Waals surface area contributed by atoms with Gasteiger partial charge in [-0.1, -0.05) is 88.4 Å². The number of nitrogens with two attached hydrogens (primary N) is 1. The molecule has 14 heteroatoms. The maximum Gasteiger partial charge on any atom is 0.290 e. The Morgan fingerprint density at radius 3 is 2.21 bits per heavy atom. The van der Waals surface area contributed by atoms with Gasteiger partial charge in [-0.15, -0.1) is 0 Å². The Morgan fingerprint density at radius 2 is 1.57 bits per heavy atom. The van der Waals surface area contributed by atoms with Crippen LogP contribution in [0, 0.1) is 5.92 Å². The average Bonchev–Trinajstić information content (AvgIpc) is 3.58. The largest absolute Gasteiger partial charge is 0.371 e. The van der Waals surface area contributed by atoms with Crippen LogP contribution in [0.4, 0.5) is 0 Å². The SMILES string of the molecule is CCCCC(NC(=O)CNC(=O)C(=O)C(CC)NC(=O)[C@@H]1C[C@@H](OC(C)(C)C)CN1C(=O)C(NC(=O)Cc1ccc2ccccc2c1)C1CCCCC1)C(N)=O. The van der Waals surface area contributed by atoms with Crippen molar-refractivity contribution in [3.8, 4) is 0 Å². The second-order valence-corrected chi connectivity index (χ2v) is 16.1. The van der Waals surface area contributed by atoms with Crippen LogP contribution < -0.4 is 27.0 Å². The third kappa shape index (κ3) is 12.6. The van der Waals surface area contributed by atoms with Gasteiger partial charge in [-0.3, -0.25) is 33.6 Å². The Labute approximate surface area is 329 Å². The maximum atomic E-state index is 14.6. The van der Waals surface area contributed by atoms with Crippen molar-refractivity contribution < 1.29 is 38.3 Å². The summed E-state index contributed by atoms with van der Waals surface area (Å²) in [5, 5.41) is 12.5. The zero-order valence-corrected chi connectivity index (χ0v) is 33.5. The van der Waals surface area contributed by atoms with Gasteiger partial charge in [0.15, 0.2) is 0 Å². The molecule has 4 rings (SSSR count). The van der Waals surface area contributed by atoms with E-state index in [9.17, 15) is 33.6 Å². The number of fused-ring (bicyclic) bond motifs is 1. The standard InChI is InChI=1S/C42H60N6O8/c1-6-8-18-32(38(43)52)45-35(50)24-44-40(54)37(51)31(7-2)46-39(53)33-23-30(56-42(3,4)5)25-48(33)41(55)36(28-15-10-9-11-16-28)47-34(49)22-26-19-20-27-14-12-13-17-29(27)21-26/h12-14,17,19-21,28,30-33,36H,6-11,15-16,18,22-25H2,1-5H3,(H2,43,52)(H,44,54)(H,45,50)(H,46,53)(H,47,49)/t30-,31?,32?,33+,36?/m1/s1. The van der Waals surface area contributed by atoms with E-state index in [0.29, 0.717) is 12.8 Å². The third-order valence-corrected chi connectivity index (χ3v) is 10.5. The molecular formula is C42H60N6O8. The van der Waals surface area contributed by atoms with Crippen LogP contribution in [0.25, 0.3) is 10.8 Å². The van der Waals surface area contributed by atoms with Crippen molar-refractivity contribution in [2.75, 3.05) is 13.1 Å². The molecule has 306 valence electrons. The zero-order chi connectivity index (χ0) is 41.0. The minimum absolute atomic E-state index is 0.0586. The number of benzene rings is 2. The van der Waals surface area contributed by atoms with E-state index in [2.05, 4.69) is 21.3 Å². The highest BCUT2D eigenvalue weighted by molar-refractivity contribution is 6.38. The molecule has 0 radical (unpaired) electrons. The number of unbranched alkanes of at least 4 members (excludes halogenated alkanes) is 1. The number of rotatable bonds is 18. The molecule has 1 aliphatic carbocycles. The van der Waals surface area contributed by atoms with Crippen molar-refractivity contribution in [3.63, 3.8) is 0 Å². The van der Waals surface area contributed by atoms with Gasteiger partial charge in [0.1, 0.15) is 18.1 Å². The van der Waals surface area contributed by atoms with Crippen LogP contribution in [0.1, 0.15) is 104 Å². The highest BCUT2D eigenvalue weighted by Gasteiger charge is 2.46. The van der Waals surface area contributed by atoms with E-state index in [0.717, 1.165) is 54.9 Å². The fraction of sp³-hybridized carbons (Fsp3) is 0.595. The molecule has 2 aromatic carbocycles. The summed E-state index contributed by atoms with van der Waals surface area (Å²) < 4.78 is 6.26. The van der Waals surface area contributed by atoms with E-state index >= 15 is 0 Å². The first kappa shape index (κ1) is 43.9. The second-order valence-electron chi connectivity index (χ2n) is 16.1. The summed E-state index contributed by atoms with van der Waals surface area (Å²) in [5.41, 5.74) is 5.62. The van der Waals surface area contributed by atoms with Crippen molar-refractivity contribution in [1.82, 2.24) is 26.2 Å². The summed E-state index contributed by atoms with van der Waals surface area (Å²) in [5.74, 6) is -4.89. The van der Waals surface area contributed by atoms with E-state index in [4.69, 9.17) is 10.5 Å². The molecule has 0 bridgehead atoms. The van der Waals surface area contributed by atoms with E-state index in [1.54, 1.807) is 6.92 Å². The molecule has 1 saturated carbocycles. The molecule has 1 heterocycles. The normalized spacial score (nSPS) is 19.1. The Hall–Kier alpha value is -4.85. The first-order chi connectivity index (χ1) is 26.6. The van der Waals surface area contributed by atoms with Gasteiger partial charge < -0.3 is 36.6 Å². The molecule has 6 N–H and O–H groups in total. The number of likely N-dealkylation sites (tertiary alicyclic amines) is 1. The van der Waals surface area contributed by atoms with Crippen LogP contribution in [0.15, 0.2) is 42.5 Å². The highest BCUT2D eigenvalue weighted by Crippen LogP contribution is 2.31. The molecule has 3 unspecified atom stereocenters. The highest BCUT2D eigenvalue weighted by atomic mass is 16.5. The van der Waals surface area contributed by atoms with E-state index < -0.39 is 71.8 Å². The van der Waals surface area contributed by atoms with Gasteiger partial charge in [-0.25, -0.2) is 0 Å². The summed E-state index contributed by atoms with van der Waals surface area (Å²) in [7, 11) is 0. The lowest BCUT2D eigenvalue weighted by Gasteiger charge is -2.35. The molecule has 0 spiro atoms. The number of Topliss-reactive ketones (excluding diaryl/α,β-unsaturated/α-hetero) is 1. The molecular weight excluding hydrogens is 716 g/mol. The van der Waals surface area contributed by atoms with E-state index in [1.807, 2.05) is 70.2 Å². The lowest BCUT2D eigenvalue weighted by atomic mass is 9.83. The van der Waals surface area contributed by atoms with Gasteiger partial charge in [0, 0.05) is 13.0 Å². The van der Waals surface area contributed by atoms with Crippen LogP contribution in [0.5, 0.6) is 0 Å². The zero-order valence-electron chi connectivity index (χ0n) is 33.5. The summed E-state index contributed by atoms with van der Waals surface area (Å²) in [6.45, 7) is 8.73. The summed E-state index contributed by atoms with van der Waals surface area (Å²) in [4.78, 5) is 94.1. The van der Waals surface area contributed by atoms with Crippen LogP contribution in [-0.2, 0) is 44.7 Å². The maximum absolute atomic E-state index is 14.6. The number of carbonyl (C=O) groups excluding carboxylic acids is 7. The Balaban J connectivity index is 1.48. The Morgan fingerprint density at radius 1 is 0.875 bits per heavy atom. The van der Waals surface area contributed by atoms with Crippen molar-refractivity contribution in [3.05, 3.63) is 48.0 Å². The monoisotopic (exact) mass is 776 g/mol. The van der Waals surface area contributed by atoms with Gasteiger partial charge in [-0.05, 0) is 68.7 Å². The number of ketones is 1.